The van der Waals surface area contributed by atoms with Gasteiger partial charge in [0, 0.05) is 12.5 Å². The monoisotopic (exact) mass is 297 g/mol. The number of aromatic hydroxyl groups is 2. The lowest BCUT2D eigenvalue weighted by Gasteiger charge is -2.17. The lowest BCUT2D eigenvalue weighted by molar-refractivity contribution is -0.122. The smallest absolute Gasteiger partial charge is 0.223 e. The Kier molecular flexibility index (Phi) is 4.00. The van der Waals surface area contributed by atoms with Crippen molar-refractivity contribution < 1.29 is 15.0 Å². The molecule has 114 valence electrons. The van der Waals surface area contributed by atoms with Crippen LogP contribution in [-0.2, 0) is 17.6 Å². The molecule has 2 aromatic carbocycles. The molecular weight excluding hydrogens is 278 g/mol. The first-order chi connectivity index (χ1) is 10.6. The van der Waals surface area contributed by atoms with Crippen molar-refractivity contribution in [2.45, 2.75) is 12.8 Å². The van der Waals surface area contributed by atoms with Crippen LogP contribution in [0.25, 0.3) is 0 Å². The van der Waals surface area contributed by atoms with Gasteiger partial charge >= 0.3 is 0 Å². The van der Waals surface area contributed by atoms with Crippen molar-refractivity contribution in [2.75, 3.05) is 6.54 Å². The van der Waals surface area contributed by atoms with Gasteiger partial charge in [0.2, 0.25) is 5.91 Å². The van der Waals surface area contributed by atoms with Crippen molar-refractivity contribution in [1.82, 2.24) is 5.32 Å². The highest BCUT2D eigenvalue weighted by atomic mass is 16.3. The summed E-state index contributed by atoms with van der Waals surface area (Å²) >= 11 is 0. The van der Waals surface area contributed by atoms with Crippen LogP contribution in [0, 0.1) is 11.8 Å². The van der Waals surface area contributed by atoms with Crippen molar-refractivity contribution in [2.24, 2.45) is 11.8 Å². The fraction of sp³-hybridized carbons (Fsp3) is 0.278. The Morgan fingerprint density at radius 3 is 2.14 bits per heavy atom. The Hall–Kier alpha value is -2.49. The van der Waals surface area contributed by atoms with E-state index in [2.05, 4.69) is 5.32 Å². The molecule has 4 heteroatoms. The molecule has 0 radical (unpaired) electrons. The van der Waals surface area contributed by atoms with Crippen molar-refractivity contribution in [3.63, 3.8) is 0 Å². The molecule has 0 bridgehead atoms. The molecule has 1 heterocycles. The van der Waals surface area contributed by atoms with Crippen molar-refractivity contribution in [3.8, 4) is 11.5 Å². The summed E-state index contributed by atoms with van der Waals surface area (Å²) in [5, 5.41) is 22.0. The van der Waals surface area contributed by atoms with E-state index in [1.165, 1.54) is 0 Å². The summed E-state index contributed by atoms with van der Waals surface area (Å²) in [5.41, 5.74) is 1.99. The van der Waals surface area contributed by atoms with Gasteiger partial charge in [-0.2, -0.15) is 0 Å². The van der Waals surface area contributed by atoms with Gasteiger partial charge in [-0.15, -0.1) is 0 Å². The number of hydrogen-bond acceptors (Lipinski definition) is 3. The van der Waals surface area contributed by atoms with Crippen LogP contribution in [0.1, 0.15) is 11.1 Å². The molecule has 3 N–H and O–H groups in total. The van der Waals surface area contributed by atoms with E-state index in [4.69, 9.17) is 0 Å². The molecule has 1 fully saturated rings. The summed E-state index contributed by atoms with van der Waals surface area (Å²) in [7, 11) is 0. The zero-order chi connectivity index (χ0) is 15.5. The maximum atomic E-state index is 12.1. The van der Waals surface area contributed by atoms with Crippen LogP contribution >= 0.6 is 0 Å². The molecule has 1 aliphatic rings. The third-order valence-corrected chi connectivity index (χ3v) is 4.22. The maximum absolute atomic E-state index is 12.1. The largest absolute Gasteiger partial charge is 0.508 e. The Balaban J connectivity index is 1.74. The Morgan fingerprint density at radius 1 is 0.955 bits per heavy atom. The second-order valence-electron chi connectivity index (χ2n) is 5.86. The van der Waals surface area contributed by atoms with E-state index >= 15 is 0 Å². The summed E-state index contributed by atoms with van der Waals surface area (Å²) in [6.07, 6.45) is 1.36. The molecule has 3 rings (SSSR count). The molecule has 1 amide bonds. The molecule has 2 atom stereocenters. The SMILES string of the molecule is O=C1NC[C@H](Cc2cccc(O)c2)[C@H]1Cc1cccc(O)c1. The lowest BCUT2D eigenvalue weighted by atomic mass is 9.85. The topological polar surface area (TPSA) is 69.6 Å². The normalized spacial score (nSPS) is 20.8. The fourth-order valence-corrected chi connectivity index (χ4v) is 3.12. The molecule has 0 saturated carbocycles. The number of hydrogen-bond donors (Lipinski definition) is 3. The number of rotatable bonds is 4. The van der Waals surface area contributed by atoms with Crippen LogP contribution in [0.4, 0.5) is 0 Å². The minimum absolute atomic E-state index is 0.0634. The van der Waals surface area contributed by atoms with E-state index in [1.807, 2.05) is 18.2 Å². The lowest BCUT2D eigenvalue weighted by Crippen LogP contribution is -2.22. The van der Waals surface area contributed by atoms with Gasteiger partial charge in [-0.1, -0.05) is 24.3 Å². The number of phenolic OH excluding ortho intramolecular Hbond substituents is 2. The summed E-state index contributed by atoms with van der Waals surface area (Å²) in [6, 6.07) is 14.2. The molecule has 0 spiro atoms. The molecule has 4 nitrogen and oxygen atoms in total. The highest BCUT2D eigenvalue weighted by Gasteiger charge is 2.34. The predicted octanol–water partition coefficient (Wildman–Crippen LogP) is 2.25. The average molecular weight is 297 g/mol. The number of amides is 1. The van der Waals surface area contributed by atoms with Crippen molar-refractivity contribution in [3.05, 3.63) is 59.7 Å². The minimum Gasteiger partial charge on any atom is -0.508 e. The second-order valence-corrected chi connectivity index (χ2v) is 5.86. The molecule has 0 aliphatic carbocycles. The number of carbonyl (C=O) groups is 1. The van der Waals surface area contributed by atoms with E-state index in [-0.39, 0.29) is 29.2 Å². The summed E-state index contributed by atoms with van der Waals surface area (Å²) in [6.45, 7) is 0.651. The van der Waals surface area contributed by atoms with E-state index in [0.717, 1.165) is 17.5 Å². The zero-order valence-corrected chi connectivity index (χ0v) is 12.2. The quantitative estimate of drug-likeness (QED) is 0.810. The van der Waals surface area contributed by atoms with E-state index in [9.17, 15) is 15.0 Å². The highest BCUT2D eigenvalue weighted by molar-refractivity contribution is 5.81. The van der Waals surface area contributed by atoms with Crippen LogP contribution in [0.2, 0.25) is 0 Å². The van der Waals surface area contributed by atoms with Gasteiger partial charge in [-0.3, -0.25) is 4.79 Å². The maximum Gasteiger partial charge on any atom is 0.223 e. The number of phenols is 2. The predicted molar refractivity (Wildman–Crippen MR) is 83.6 cm³/mol. The number of nitrogens with one attached hydrogen (secondary N) is 1. The van der Waals surface area contributed by atoms with E-state index < -0.39 is 0 Å². The molecule has 1 saturated heterocycles. The Bertz CT molecular complexity index is 684. The van der Waals surface area contributed by atoms with Crippen LogP contribution < -0.4 is 5.32 Å². The molecule has 22 heavy (non-hydrogen) atoms. The summed E-state index contributed by atoms with van der Waals surface area (Å²) in [5.74, 6) is 0.619. The first-order valence-corrected chi connectivity index (χ1v) is 7.45. The number of benzene rings is 2. The standard InChI is InChI=1S/C18H19NO3/c20-15-5-1-3-12(8-15)7-14-11-19-18(22)17(14)10-13-4-2-6-16(21)9-13/h1-6,8-9,14,17,20-21H,7,10-11H2,(H,19,22)/t14-,17+/m0/s1. The van der Waals surface area contributed by atoms with E-state index in [1.54, 1.807) is 30.3 Å². The second kappa shape index (κ2) is 6.10. The molecule has 2 aromatic rings. The van der Waals surface area contributed by atoms with Gasteiger partial charge in [0.05, 0.1) is 0 Å². The molecular formula is C18H19NO3. The first-order valence-electron chi connectivity index (χ1n) is 7.45. The van der Waals surface area contributed by atoms with Gasteiger partial charge in [-0.05, 0) is 54.2 Å². The van der Waals surface area contributed by atoms with Crippen LogP contribution in [0.5, 0.6) is 11.5 Å². The van der Waals surface area contributed by atoms with Crippen LogP contribution in [0.15, 0.2) is 48.5 Å². The minimum atomic E-state index is -0.107. The fourth-order valence-electron chi connectivity index (χ4n) is 3.12. The average Bonchev–Trinajstić information content (AvgIpc) is 2.80. The number of carbonyl (C=O) groups excluding carboxylic acids is 1. The van der Waals surface area contributed by atoms with Crippen LogP contribution in [0.3, 0.4) is 0 Å². The van der Waals surface area contributed by atoms with Gasteiger partial charge in [0.1, 0.15) is 11.5 Å². The van der Waals surface area contributed by atoms with Crippen molar-refractivity contribution in [1.29, 1.82) is 0 Å². The first kappa shape index (κ1) is 14.4. The molecule has 1 aliphatic heterocycles. The van der Waals surface area contributed by atoms with Crippen molar-refractivity contribution >= 4 is 5.91 Å². The van der Waals surface area contributed by atoms with Gasteiger partial charge in [0.25, 0.3) is 0 Å². The Labute approximate surface area is 129 Å². The van der Waals surface area contributed by atoms with Gasteiger partial charge in [0.15, 0.2) is 0 Å². The van der Waals surface area contributed by atoms with Gasteiger partial charge < -0.3 is 15.5 Å². The third-order valence-electron chi connectivity index (χ3n) is 4.22. The summed E-state index contributed by atoms with van der Waals surface area (Å²) in [4.78, 5) is 12.1. The third kappa shape index (κ3) is 3.22. The molecule has 0 aromatic heterocycles. The molecule has 0 unspecified atom stereocenters. The zero-order valence-electron chi connectivity index (χ0n) is 12.2. The Morgan fingerprint density at radius 2 is 1.55 bits per heavy atom. The highest BCUT2D eigenvalue weighted by Crippen LogP contribution is 2.27. The van der Waals surface area contributed by atoms with E-state index in [0.29, 0.717) is 13.0 Å². The summed E-state index contributed by atoms with van der Waals surface area (Å²) < 4.78 is 0. The van der Waals surface area contributed by atoms with Crippen LogP contribution in [-0.4, -0.2) is 22.7 Å². The van der Waals surface area contributed by atoms with Gasteiger partial charge in [-0.25, -0.2) is 0 Å².